The van der Waals surface area contributed by atoms with E-state index in [2.05, 4.69) is 17.2 Å². The van der Waals surface area contributed by atoms with Crippen LogP contribution in [-0.2, 0) is 17.8 Å². The molecule has 2 heterocycles. The molecule has 3 rings (SSSR count). The monoisotopic (exact) mass is 380 g/mol. The molecule has 0 aliphatic carbocycles. The summed E-state index contributed by atoms with van der Waals surface area (Å²) in [5.41, 5.74) is 2.57. The maximum Gasteiger partial charge on any atom is 0.336 e. The summed E-state index contributed by atoms with van der Waals surface area (Å²) in [5, 5.41) is 3.71. The molecule has 6 heteroatoms. The number of hydrogen-bond acceptors (Lipinski definition) is 5. The van der Waals surface area contributed by atoms with Gasteiger partial charge in [0.1, 0.15) is 11.3 Å². The van der Waals surface area contributed by atoms with Gasteiger partial charge in [0, 0.05) is 23.2 Å². The largest absolute Gasteiger partial charge is 0.480 e. The Morgan fingerprint density at radius 2 is 2.11 bits per heavy atom. The minimum absolute atomic E-state index is 0.244. The lowest BCUT2D eigenvalue weighted by atomic mass is 10.0. The molecule has 1 aromatic carbocycles. The number of ether oxygens (including phenoxy) is 1. The number of amides is 1. The van der Waals surface area contributed by atoms with Crippen LogP contribution in [0.15, 0.2) is 51.8 Å². The van der Waals surface area contributed by atoms with E-state index in [9.17, 15) is 9.59 Å². The first-order valence-electron chi connectivity index (χ1n) is 9.40. The Labute approximate surface area is 163 Å². The van der Waals surface area contributed by atoms with Gasteiger partial charge < -0.3 is 14.5 Å². The zero-order chi connectivity index (χ0) is 20.1. The van der Waals surface area contributed by atoms with Gasteiger partial charge in [-0.25, -0.2) is 4.79 Å². The van der Waals surface area contributed by atoms with Crippen molar-refractivity contribution in [3.05, 3.63) is 69.8 Å². The van der Waals surface area contributed by atoms with Crippen molar-refractivity contribution in [3.8, 4) is 5.75 Å². The summed E-state index contributed by atoms with van der Waals surface area (Å²) in [7, 11) is 0. The van der Waals surface area contributed by atoms with Crippen LogP contribution in [0.2, 0.25) is 0 Å². The molecule has 0 spiro atoms. The highest BCUT2D eigenvalue weighted by atomic mass is 16.5. The number of nitrogens with one attached hydrogen (secondary N) is 1. The van der Waals surface area contributed by atoms with E-state index in [-0.39, 0.29) is 11.5 Å². The van der Waals surface area contributed by atoms with Crippen LogP contribution in [0.5, 0.6) is 5.75 Å². The van der Waals surface area contributed by atoms with Gasteiger partial charge >= 0.3 is 5.63 Å². The summed E-state index contributed by atoms with van der Waals surface area (Å²) in [5.74, 6) is 0.274. The highest BCUT2D eigenvalue weighted by molar-refractivity contribution is 5.85. The number of carbonyl (C=O) groups is 1. The molecule has 3 aromatic rings. The second-order valence-electron chi connectivity index (χ2n) is 6.71. The number of benzene rings is 1. The molecule has 0 aliphatic heterocycles. The van der Waals surface area contributed by atoms with Crippen molar-refractivity contribution in [2.75, 3.05) is 0 Å². The van der Waals surface area contributed by atoms with Crippen molar-refractivity contribution >= 4 is 16.9 Å². The molecule has 1 amide bonds. The number of pyridine rings is 1. The lowest BCUT2D eigenvalue weighted by molar-refractivity contribution is -0.127. The average Bonchev–Trinajstić information content (AvgIpc) is 2.69. The highest BCUT2D eigenvalue weighted by Gasteiger charge is 2.18. The van der Waals surface area contributed by atoms with Crippen LogP contribution in [0.3, 0.4) is 0 Å². The third-order valence-corrected chi connectivity index (χ3v) is 4.56. The molecule has 0 aliphatic rings. The first-order valence-corrected chi connectivity index (χ1v) is 9.40. The minimum Gasteiger partial charge on any atom is -0.480 e. The second-order valence-corrected chi connectivity index (χ2v) is 6.71. The number of aryl methyl sites for hydroxylation is 2. The van der Waals surface area contributed by atoms with Crippen LogP contribution >= 0.6 is 0 Å². The third kappa shape index (κ3) is 4.39. The van der Waals surface area contributed by atoms with Gasteiger partial charge in [-0.2, -0.15) is 0 Å². The number of aromatic nitrogens is 1. The standard InChI is InChI=1S/C22H24N2O4/c1-4-7-16-12-20(25)28-21-14(2)19(10-9-18(16)21)27-15(3)22(26)24-13-17-8-5-6-11-23-17/h5-6,8-12,15H,4,7,13H2,1-3H3,(H,24,26)/t15-/m0/s1. The fourth-order valence-electron chi connectivity index (χ4n) is 3.08. The molecule has 0 saturated heterocycles. The fourth-order valence-corrected chi connectivity index (χ4v) is 3.08. The quantitative estimate of drug-likeness (QED) is 0.634. The van der Waals surface area contributed by atoms with E-state index in [0.29, 0.717) is 23.4 Å². The van der Waals surface area contributed by atoms with Gasteiger partial charge in [0.25, 0.3) is 5.91 Å². The Morgan fingerprint density at radius 1 is 1.29 bits per heavy atom. The van der Waals surface area contributed by atoms with E-state index in [4.69, 9.17) is 9.15 Å². The van der Waals surface area contributed by atoms with Crippen LogP contribution < -0.4 is 15.7 Å². The van der Waals surface area contributed by atoms with Crippen molar-refractivity contribution < 1.29 is 13.9 Å². The van der Waals surface area contributed by atoms with Gasteiger partial charge in [-0.3, -0.25) is 9.78 Å². The van der Waals surface area contributed by atoms with Crippen LogP contribution in [0.1, 0.15) is 37.1 Å². The Morgan fingerprint density at radius 3 is 2.82 bits per heavy atom. The second kappa shape index (κ2) is 8.69. The molecule has 1 atom stereocenters. The van der Waals surface area contributed by atoms with Gasteiger partial charge in [-0.15, -0.1) is 0 Å². The van der Waals surface area contributed by atoms with Crippen molar-refractivity contribution in [2.24, 2.45) is 0 Å². The summed E-state index contributed by atoms with van der Waals surface area (Å²) in [6.45, 7) is 5.91. The van der Waals surface area contributed by atoms with Crippen LogP contribution in [-0.4, -0.2) is 17.0 Å². The summed E-state index contributed by atoms with van der Waals surface area (Å²) in [6.07, 6.45) is 2.71. The van der Waals surface area contributed by atoms with Gasteiger partial charge in [0.05, 0.1) is 12.2 Å². The minimum atomic E-state index is -0.703. The van der Waals surface area contributed by atoms with Crippen molar-refractivity contribution in [1.29, 1.82) is 0 Å². The maximum absolute atomic E-state index is 12.4. The van der Waals surface area contributed by atoms with Gasteiger partial charge in [-0.1, -0.05) is 19.4 Å². The van der Waals surface area contributed by atoms with E-state index >= 15 is 0 Å². The number of fused-ring (bicyclic) bond motifs is 1. The number of rotatable bonds is 7. The molecule has 0 fully saturated rings. The van der Waals surface area contributed by atoms with Crippen LogP contribution in [0.25, 0.3) is 11.0 Å². The topological polar surface area (TPSA) is 81.4 Å². The molecule has 0 saturated carbocycles. The van der Waals surface area contributed by atoms with Gasteiger partial charge in [0.15, 0.2) is 6.10 Å². The summed E-state index contributed by atoms with van der Waals surface area (Å²) >= 11 is 0. The lowest BCUT2D eigenvalue weighted by Gasteiger charge is -2.17. The van der Waals surface area contributed by atoms with Gasteiger partial charge in [-0.05, 0) is 50.1 Å². The fraction of sp³-hybridized carbons (Fsp3) is 0.318. The molecule has 0 unspecified atom stereocenters. The zero-order valence-corrected chi connectivity index (χ0v) is 16.3. The highest BCUT2D eigenvalue weighted by Crippen LogP contribution is 2.29. The SMILES string of the molecule is CCCc1cc(=O)oc2c(C)c(O[C@@H](C)C(=O)NCc3ccccn3)ccc12. The Balaban J connectivity index is 1.77. The lowest BCUT2D eigenvalue weighted by Crippen LogP contribution is -2.36. The smallest absolute Gasteiger partial charge is 0.336 e. The number of carbonyl (C=O) groups excluding carboxylic acids is 1. The molecule has 146 valence electrons. The van der Waals surface area contributed by atoms with E-state index < -0.39 is 6.10 Å². The molecular weight excluding hydrogens is 356 g/mol. The molecule has 2 aromatic heterocycles. The maximum atomic E-state index is 12.4. The predicted molar refractivity (Wildman–Crippen MR) is 107 cm³/mol. The van der Waals surface area contributed by atoms with E-state index in [1.54, 1.807) is 19.2 Å². The van der Waals surface area contributed by atoms with Gasteiger partial charge in [0.2, 0.25) is 0 Å². The first kappa shape index (κ1) is 19.6. The van der Waals surface area contributed by atoms with Crippen LogP contribution in [0, 0.1) is 6.92 Å². The summed E-state index contributed by atoms with van der Waals surface area (Å²) in [4.78, 5) is 28.4. The Bertz CT molecular complexity index is 1030. The normalized spacial score (nSPS) is 12.0. The van der Waals surface area contributed by atoms with E-state index in [0.717, 1.165) is 29.5 Å². The number of hydrogen-bond donors (Lipinski definition) is 1. The molecule has 6 nitrogen and oxygen atoms in total. The van der Waals surface area contributed by atoms with Crippen molar-refractivity contribution in [2.45, 2.75) is 46.3 Å². The Kier molecular flexibility index (Phi) is 6.09. The predicted octanol–water partition coefficient (Wildman–Crippen LogP) is 3.53. The zero-order valence-electron chi connectivity index (χ0n) is 16.3. The molecule has 28 heavy (non-hydrogen) atoms. The summed E-state index contributed by atoms with van der Waals surface area (Å²) in [6, 6.07) is 10.8. The van der Waals surface area contributed by atoms with Crippen LogP contribution in [0.4, 0.5) is 0 Å². The van der Waals surface area contributed by atoms with Crippen molar-refractivity contribution in [1.82, 2.24) is 10.3 Å². The van der Waals surface area contributed by atoms with E-state index in [1.165, 1.54) is 0 Å². The Hall–Kier alpha value is -3.15. The molecule has 0 bridgehead atoms. The van der Waals surface area contributed by atoms with E-state index in [1.807, 2.05) is 37.3 Å². The first-order chi connectivity index (χ1) is 13.5. The molecule has 0 radical (unpaired) electrons. The van der Waals surface area contributed by atoms with Crippen molar-refractivity contribution in [3.63, 3.8) is 0 Å². The molecule has 1 N–H and O–H groups in total. The average molecular weight is 380 g/mol. The summed E-state index contributed by atoms with van der Waals surface area (Å²) < 4.78 is 11.3. The molecular formula is C22H24N2O4. The third-order valence-electron chi connectivity index (χ3n) is 4.56. The number of nitrogens with zero attached hydrogens (tertiary/aromatic N) is 1.